The van der Waals surface area contributed by atoms with E-state index in [9.17, 15) is 0 Å². The third kappa shape index (κ3) is 3.79. The normalized spacial score (nSPS) is 15.3. The van der Waals surface area contributed by atoms with Crippen molar-refractivity contribution in [1.29, 1.82) is 0 Å². The Kier molecular flexibility index (Phi) is 6.03. The molecule has 0 saturated carbocycles. The van der Waals surface area contributed by atoms with Crippen LogP contribution in [0.1, 0.15) is 33.4 Å². The van der Waals surface area contributed by atoms with Crippen molar-refractivity contribution in [2.24, 2.45) is 0 Å². The van der Waals surface area contributed by atoms with Crippen LogP contribution in [0.25, 0.3) is 58.8 Å². The summed E-state index contributed by atoms with van der Waals surface area (Å²) in [6.45, 7) is 4.31. The summed E-state index contributed by atoms with van der Waals surface area (Å²) in [6, 6.07) is 64.0. The molecule has 0 N–H and O–H groups in total. The third-order valence-electron chi connectivity index (χ3n) is 12.1. The highest BCUT2D eigenvalue weighted by Crippen LogP contribution is 2.63. The Morgan fingerprint density at radius 3 is 1.87 bits per heavy atom. The molecule has 254 valence electrons. The number of anilines is 3. The Morgan fingerprint density at radius 1 is 0.481 bits per heavy atom. The molecule has 0 saturated heterocycles. The molecule has 2 nitrogen and oxygen atoms in total. The summed E-state index contributed by atoms with van der Waals surface area (Å²) >= 11 is 1.93. The van der Waals surface area contributed by atoms with E-state index in [2.05, 4.69) is 193 Å². The summed E-state index contributed by atoms with van der Waals surface area (Å²) in [5.41, 5.74) is 17.2. The Bertz CT molecular complexity index is 3140. The second kappa shape index (κ2) is 10.8. The van der Waals surface area contributed by atoms with Crippen molar-refractivity contribution < 1.29 is 0 Å². The topological polar surface area (TPSA) is 8.17 Å². The predicted molar refractivity (Wildman–Crippen MR) is 229 cm³/mol. The number of rotatable bonds is 3. The van der Waals surface area contributed by atoms with Gasteiger partial charge in [-0.3, -0.25) is 0 Å². The standard InChI is InChI=1S/C51H34N2S/c1-31-19-23-33(24-20-31)52(34-25-21-32(2)22-26-34)35-27-28-37-36-11-3-6-14-41(36)51(43(37)29-35)42-15-7-9-17-46(42)53-45-16-8-4-13-39(45)48-49(53)44(51)30-40-38-12-5-10-18-47(38)54-50(40)48/h3-30H,1-2H3. The first-order chi connectivity index (χ1) is 26.6. The molecule has 1 aliphatic carbocycles. The quantitative estimate of drug-likeness (QED) is 0.178. The Labute approximate surface area is 317 Å². The number of aryl methyl sites for hydroxylation is 2. The summed E-state index contributed by atoms with van der Waals surface area (Å²) in [7, 11) is 0. The van der Waals surface area contributed by atoms with Crippen LogP contribution in [0.3, 0.4) is 0 Å². The molecule has 2 aliphatic rings. The van der Waals surface area contributed by atoms with Gasteiger partial charge >= 0.3 is 0 Å². The van der Waals surface area contributed by atoms with E-state index in [0.29, 0.717) is 0 Å². The fraction of sp³-hybridized carbons (Fsp3) is 0.0588. The molecule has 54 heavy (non-hydrogen) atoms. The summed E-state index contributed by atoms with van der Waals surface area (Å²) < 4.78 is 5.26. The molecule has 1 spiro atoms. The zero-order valence-corrected chi connectivity index (χ0v) is 30.8. The van der Waals surface area contributed by atoms with E-state index in [0.717, 1.165) is 17.1 Å². The minimum Gasteiger partial charge on any atom is -0.310 e. The second-order valence-corrected chi connectivity index (χ2v) is 16.1. The van der Waals surface area contributed by atoms with Crippen LogP contribution in [0.15, 0.2) is 170 Å². The molecule has 0 radical (unpaired) electrons. The molecule has 0 fully saturated rings. The van der Waals surface area contributed by atoms with Gasteiger partial charge in [-0.15, -0.1) is 11.3 Å². The molecule has 0 amide bonds. The third-order valence-corrected chi connectivity index (χ3v) is 13.3. The molecule has 8 aromatic carbocycles. The Morgan fingerprint density at radius 2 is 1.09 bits per heavy atom. The molecular weight excluding hydrogens is 673 g/mol. The molecule has 12 rings (SSSR count). The predicted octanol–water partition coefficient (Wildman–Crippen LogP) is 13.9. The fourth-order valence-electron chi connectivity index (χ4n) is 9.82. The number of hydrogen-bond donors (Lipinski definition) is 0. The fourth-order valence-corrected chi connectivity index (χ4v) is 11.1. The van der Waals surface area contributed by atoms with Crippen LogP contribution >= 0.6 is 11.3 Å². The van der Waals surface area contributed by atoms with Gasteiger partial charge in [-0.05, 0) is 108 Å². The minimum atomic E-state index is -0.551. The summed E-state index contributed by atoms with van der Waals surface area (Å²) in [4.78, 5) is 2.42. The van der Waals surface area contributed by atoms with Gasteiger partial charge in [0.25, 0.3) is 0 Å². The van der Waals surface area contributed by atoms with Gasteiger partial charge in [-0.25, -0.2) is 0 Å². The number of aromatic nitrogens is 1. The van der Waals surface area contributed by atoms with Crippen LogP contribution < -0.4 is 4.90 Å². The van der Waals surface area contributed by atoms with E-state index in [-0.39, 0.29) is 0 Å². The molecule has 3 heteroatoms. The first-order valence-corrected chi connectivity index (χ1v) is 19.6. The highest BCUT2D eigenvalue weighted by molar-refractivity contribution is 7.26. The van der Waals surface area contributed by atoms with Crippen molar-refractivity contribution in [3.05, 3.63) is 203 Å². The van der Waals surface area contributed by atoms with Crippen LogP contribution in [0.2, 0.25) is 0 Å². The zero-order valence-electron chi connectivity index (χ0n) is 30.0. The van der Waals surface area contributed by atoms with Gasteiger partial charge in [0.15, 0.2) is 0 Å². The highest BCUT2D eigenvalue weighted by atomic mass is 32.1. The van der Waals surface area contributed by atoms with Gasteiger partial charge in [-0.2, -0.15) is 0 Å². The monoisotopic (exact) mass is 706 g/mol. The molecule has 1 unspecified atom stereocenters. The molecular formula is C51H34N2S. The Hall–Kier alpha value is -6.42. The van der Waals surface area contributed by atoms with Crippen molar-refractivity contribution in [2.45, 2.75) is 19.3 Å². The van der Waals surface area contributed by atoms with Crippen LogP contribution in [-0.2, 0) is 5.41 Å². The summed E-state index contributed by atoms with van der Waals surface area (Å²) in [5, 5.41) is 5.33. The van der Waals surface area contributed by atoms with E-state index in [1.54, 1.807) is 0 Å². The van der Waals surface area contributed by atoms with Gasteiger partial charge in [0, 0.05) is 48.0 Å². The lowest BCUT2D eigenvalue weighted by Crippen LogP contribution is -2.33. The minimum absolute atomic E-state index is 0.551. The number of para-hydroxylation sites is 2. The van der Waals surface area contributed by atoms with Crippen molar-refractivity contribution >= 4 is 70.4 Å². The maximum atomic E-state index is 2.57. The molecule has 2 aromatic heterocycles. The van der Waals surface area contributed by atoms with Crippen molar-refractivity contribution in [3.63, 3.8) is 0 Å². The maximum Gasteiger partial charge on any atom is 0.0755 e. The summed E-state index contributed by atoms with van der Waals surface area (Å²) in [5.74, 6) is 0. The SMILES string of the molecule is Cc1ccc(N(c2ccc(C)cc2)c2ccc3c(c2)C2(c4ccccc4-3)c3ccccc3-n3c4ccccc4c4c5sc6ccccc6c5cc2c43)cc1. The van der Waals surface area contributed by atoms with E-state index in [4.69, 9.17) is 0 Å². The van der Waals surface area contributed by atoms with Crippen LogP contribution in [0.5, 0.6) is 0 Å². The highest BCUT2D eigenvalue weighted by Gasteiger charge is 2.51. The molecule has 1 atom stereocenters. The second-order valence-electron chi connectivity index (χ2n) is 15.0. The largest absolute Gasteiger partial charge is 0.310 e. The lowest BCUT2D eigenvalue weighted by Gasteiger charge is -2.40. The van der Waals surface area contributed by atoms with Crippen molar-refractivity contribution in [2.75, 3.05) is 4.90 Å². The first kappa shape index (κ1) is 30.1. The number of benzene rings is 8. The lowest BCUT2D eigenvalue weighted by molar-refractivity contribution is 0.750. The van der Waals surface area contributed by atoms with Gasteiger partial charge in [0.05, 0.1) is 22.1 Å². The number of nitrogens with zero attached hydrogens (tertiary/aromatic N) is 2. The average molecular weight is 707 g/mol. The maximum absolute atomic E-state index is 2.57. The number of fused-ring (bicyclic) bond motifs is 16. The van der Waals surface area contributed by atoms with Crippen LogP contribution in [0, 0.1) is 13.8 Å². The number of thiophene rings is 1. The van der Waals surface area contributed by atoms with E-state index >= 15 is 0 Å². The number of hydrogen-bond acceptors (Lipinski definition) is 2. The van der Waals surface area contributed by atoms with Crippen molar-refractivity contribution in [1.82, 2.24) is 4.57 Å². The van der Waals surface area contributed by atoms with E-state index in [1.165, 1.54) is 92.2 Å². The van der Waals surface area contributed by atoms with Gasteiger partial charge < -0.3 is 9.47 Å². The molecule has 0 bridgehead atoms. The summed E-state index contributed by atoms with van der Waals surface area (Å²) in [6.07, 6.45) is 0. The lowest BCUT2D eigenvalue weighted by atomic mass is 9.65. The first-order valence-electron chi connectivity index (χ1n) is 18.8. The van der Waals surface area contributed by atoms with E-state index in [1.807, 2.05) is 11.3 Å². The van der Waals surface area contributed by atoms with Crippen LogP contribution in [-0.4, -0.2) is 4.57 Å². The van der Waals surface area contributed by atoms with Crippen LogP contribution in [0.4, 0.5) is 17.1 Å². The van der Waals surface area contributed by atoms with Gasteiger partial charge in [0.1, 0.15) is 0 Å². The average Bonchev–Trinajstić information content (AvgIpc) is 3.86. The molecule has 3 heterocycles. The molecule has 1 aliphatic heterocycles. The van der Waals surface area contributed by atoms with Crippen molar-refractivity contribution in [3.8, 4) is 16.8 Å². The van der Waals surface area contributed by atoms with Gasteiger partial charge in [-0.1, -0.05) is 120 Å². The smallest absolute Gasteiger partial charge is 0.0755 e. The Balaban J connectivity index is 1.26. The zero-order chi connectivity index (χ0) is 35.7. The van der Waals surface area contributed by atoms with Gasteiger partial charge in [0.2, 0.25) is 0 Å². The van der Waals surface area contributed by atoms with E-state index < -0.39 is 5.41 Å². The molecule has 10 aromatic rings.